The van der Waals surface area contributed by atoms with Gasteiger partial charge < -0.3 is 10.6 Å². The lowest BCUT2D eigenvalue weighted by molar-refractivity contribution is 0.0962. The highest BCUT2D eigenvalue weighted by atomic mass is 79.9. The summed E-state index contributed by atoms with van der Waals surface area (Å²) in [6.45, 7) is 0. The van der Waals surface area contributed by atoms with Crippen molar-refractivity contribution in [3.8, 4) is 0 Å². The average molecular weight is 426 g/mol. The Morgan fingerprint density at radius 1 is 0.960 bits per heavy atom. The molecule has 132 valence electrons. The van der Waals surface area contributed by atoms with Gasteiger partial charge in [0.15, 0.2) is 0 Å². The third-order valence-electron chi connectivity index (χ3n) is 3.39. The Morgan fingerprint density at radius 2 is 1.60 bits per heavy atom. The number of sulfonamides is 1. The molecule has 0 fully saturated rings. The van der Waals surface area contributed by atoms with Gasteiger partial charge in [-0.2, -0.15) is 0 Å². The van der Waals surface area contributed by atoms with Crippen molar-refractivity contribution in [2.24, 2.45) is 0 Å². The van der Waals surface area contributed by atoms with E-state index in [1.165, 1.54) is 32.3 Å². The molecule has 0 aromatic heterocycles. The predicted octanol–water partition coefficient (Wildman–Crippen LogP) is 1.97. The van der Waals surface area contributed by atoms with Crippen molar-refractivity contribution in [2.45, 2.75) is 4.90 Å². The molecule has 0 bridgehead atoms. The second-order valence-electron chi connectivity index (χ2n) is 4.96. The molecule has 7 nitrogen and oxygen atoms in total. The first-order valence-electron chi connectivity index (χ1n) is 7.15. The van der Waals surface area contributed by atoms with Gasteiger partial charge in [0.25, 0.3) is 11.8 Å². The zero-order valence-electron chi connectivity index (χ0n) is 13.5. The molecule has 0 aliphatic carbocycles. The van der Waals surface area contributed by atoms with Crippen molar-refractivity contribution in [3.63, 3.8) is 0 Å². The van der Waals surface area contributed by atoms with E-state index in [0.29, 0.717) is 15.7 Å². The van der Waals surface area contributed by atoms with Crippen molar-refractivity contribution in [1.29, 1.82) is 0 Å². The van der Waals surface area contributed by atoms with Crippen LogP contribution in [-0.4, -0.2) is 34.3 Å². The van der Waals surface area contributed by atoms with Crippen molar-refractivity contribution < 1.29 is 18.0 Å². The molecule has 25 heavy (non-hydrogen) atoms. The highest BCUT2D eigenvalue weighted by Gasteiger charge is 2.17. The molecule has 2 aromatic carbocycles. The first-order valence-corrected chi connectivity index (χ1v) is 9.42. The number of amides is 2. The molecule has 0 radical (unpaired) electrons. The standard InChI is InChI=1S/C16H16BrN3O4S/c1-18-15(21)10-3-5-11(6-4-10)20-16(22)13-9-12(7-8-14(13)17)25(23,24)19-2/h3-9,19H,1-2H3,(H,18,21)(H,20,22). The Morgan fingerprint density at radius 3 is 2.16 bits per heavy atom. The quantitative estimate of drug-likeness (QED) is 0.680. The van der Waals surface area contributed by atoms with Crippen LogP contribution in [0.15, 0.2) is 51.8 Å². The van der Waals surface area contributed by atoms with Gasteiger partial charge in [0.1, 0.15) is 0 Å². The minimum atomic E-state index is -3.66. The summed E-state index contributed by atoms with van der Waals surface area (Å²) in [6.07, 6.45) is 0. The van der Waals surface area contributed by atoms with Crippen LogP contribution in [0.25, 0.3) is 0 Å². The molecule has 0 saturated carbocycles. The zero-order valence-corrected chi connectivity index (χ0v) is 15.9. The molecule has 3 N–H and O–H groups in total. The summed E-state index contributed by atoms with van der Waals surface area (Å²) in [5, 5.41) is 5.17. The molecule has 0 aliphatic heterocycles. The predicted molar refractivity (Wildman–Crippen MR) is 98.2 cm³/mol. The lowest BCUT2D eigenvalue weighted by Crippen LogP contribution is -2.20. The normalized spacial score (nSPS) is 11.0. The summed E-state index contributed by atoms with van der Waals surface area (Å²) < 4.78 is 26.4. The number of rotatable bonds is 5. The number of hydrogen-bond acceptors (Lipinski definition) is 4. The first-order chi connectivity index (χ1) is 11.8. The minimum Gasteiger partial charge on any atom is -0.355 e. The van der Waals surface area contributed by atoms with Crippen LogP contribution in [0, 0.1) is 0 Å². The highest BCUT2D eigenvalue weighted by Crippen LogP contribution is 2.22. The number of carbonyl (C=O) groups is 2. The van der Waals surface area contributed by atoms with E-state index in [-0.39, 0.29) is 16.4 Å². The van der Waals surface area contributed by atoms with Gasteiger partial charge in [0.05, 0.1) is 10.5 Å². The summed E-state index contributed by atoms with van der Waals surface area (Å²) in [5.41, 5.74) is 1.11. The van der Waals surface area contributed by atoms with E-state index in [4.69, 9.17) is 0 Å². The SMILES string of the molecule is CNC(=O)c1ccc(NC(=O)c2cc(S(=O)(=O)NC)ccc2Br)cc1. The van der Waals surface area contributed by atoms with Gasteiger partial charge in [-0.3, -0.25) is 9.59 Å². The highest BCUT2D eigenvalue weighted by molar-refractivity contribution is 9.10. The molecule has 0 spiro atoms. The van der Waals surface area contributed by atoms with Gasteiger partial charge in [-0.15, -0.1) is 0 Å². The van der Waals surface area contributed by atoms with Crippen LogP contribution in [-0.2, 0) is 10.0 Å². The fourth-order valence-corrected chi connectivity index (χ4v) is 3.19. The van der Waals surface area contributed by atoms with Gasteiger partial charge in [0, 0.05) is 22.8 Å². The molecule has 0 heterocycles. The fourth-order valence-electron chi connectivity index (χ4n) is 2.01. The van der Waals surface area contributed by atoms with E-state index in [1.54, 1.807) is 24.3 Å². The number of benzene rings is 2. The molecule has 2 aromatic rings. The number of carbonyl (C=O) groups excluding carboxylic acids is 2. The van der Waals surface area contributed by atoms with Crippen LogP contribution >= 0.6 is 15.9 Å². The molecule has 0 unspecified atom stereocenters. The third-order valence-corrected chi connectivity index (χ3v) is 5.50. The first kappa shape index (κ1) is 19.1. The van der Waals surface area contributed by atoms with Gasteiger partial charge in [-0.25, -0.2) is 13.1 Å². The number of halogens is 1. The largest absolute Gasteiger partial charge is 0.355 e. The third kappa shape index (κ3) is 4.44. The molecular formula is C16H16BrN3O4S. The molecule has 0 aliphatic rings. The van der Waals surface area contributed by atoms with Gasteiger partial charge in [0.2, 0.25) is 10.0 Å². The van der Waals surface area contributed by atoms with E-state index in [2.05, 4.69) is 31.3 Å². The van der Waals surface area contributed by atoms with Gasteiger partial charge in [-0.1, -0.05) is 0 Å². The Hall–Kier alpha value is -2.23. The molecule has 0 saturated heterocycles. The second kappa shape index (κ2) is 7.77. The average Bonchev–Trinajstić information content (AvgIpc) is 2.61. The summed E-state index contributed by atoms with van der Waals surface area (Å²) >= 11 is 3.24. The summed E-state index contributed by atoms with van der Waals surface area (Å²) in [7, 11) is -0.831. The maximum atomic E-state index is 12.4. The molecule has 9 heteroatoms. The molecule has 0 atom stereocenters. The topological polar surface area (TPSA) is 104 Å². The summed E-state index contributed by atoms with van der Waals surface area (Å²) in [5.74, 6) is -0.710. The molecule has 2 amide bonds. The van der Waals surface area contributed by atoms with Crippen molar-refractivity contribution in [3.05, 3.63) is 58.1 Å². The summed E-state index contributed by atoms with van der Waals surface area (Å²) in [4.78, 5) is 23.9. The number of nitrogens with one attached hydrogen (secondary N) is 3. The van der Waals surface area contributed by atoms with Crippen LogP contribution in [0.2, 0.25) is 0 Å². The van der Waals surface area contributed by atoms with Crippen LogP contribution in [0.3, 0.4) is 0 Å². The maximum absolute atomic E-state index is 12.4. The van der Waals surface area contributed by atoms with E-state index >= 15 is 0 Å². The monoisotopic (exact) mass is 425 g/mol. The van der Waals surface area contributed by atoms with Crippen LogP contribution < -0.4 is 15.4 Å². The van der Waals surface area contributed by atoms with Crippen molar-refractivity contribution >= 4 is 43.5 Å². The second-order valence-corrected chi connectivity index (χ2v) is 7.70. The zero-order chi connectivity index (χ0) is 18.6. The lowest BCUT2D eigenvalue weighted by atomic mass is 10.1. The maximum Gasteiger partial charge on any atom is 0.256 e. The van der Waals surface area contributed by atoms with E-state index in [9.17, 15) is 18.0 Å². The Balaban J connectivity index is 2.26. The van der Waals surface area contributed by atoms with E-state index in [0.717, 1.165) is 0 Å². The smallest absolute Gasteiger partial charge is 0.256 e. The summed E-state index contributed by atoms with van der Waals surface area (Å²) in [6, 6.07) is 10.5. The fraction of sp³-hybridized carbons (Fsp3) is 0.125. The van der Waals surface area contributed by atoms with E-state index in [1.807, 2.05) is 0 Å². The lowest BCUT2D eigenvalue weighted by Gasteiger charge is -2.10. The van der Waals surface area contributed by atoms with Gasteiger partial charge in [-0.05, 0) is 65.4 Å². The number of anilines is 1. The Bertz CT molecular complexity index is 911. The molecular weight excluding hydrogens is 410 g/mol. The Labute approximate surface area is 154 Å². The Kier molecular flexibility index (Phi) is 5.93. The van der Waals surface area contributed by atoms with Crippen molar-refractivity contribution in [1.82, 2.24) is 10.0 Å². The van der Waals surface area contributed by atoms with Crippen LogP contribution in [0.1, 0.15) is 20.7 Å². The van der Waals surface area contributed by atoms with Crippen LogP contribution in [0.4, 0.5) is 5.69 Å². The minimum absolute atomic E-state index is 0.0154. The van der Waals surface area contributed by atoms with Gasteiger partial charge >= 0.3 is 0 Å². The van der Waals surface area contributed by atoms with E-state index < -0.39 is 15.9 Å². The molecule has 2 rings (SSSR count). The number of hydrogen-bond donors (Lipinski definition) is 3. The van der Waals surface area contributed by atoms with Crippen molar-refractivity contribution in [2.75, 3.05) is 19.4 Å². The van der Waals surface area contributed by atoms with Crippen LogP contribution in [0.5, 0.6) is 0 Å².